The maximum Gasteiger partial charge on any atom is 0.191 e. The van der Waals surface area contributed by atoms with Gasteiger partial charge in [0.1, 0.15) is 5.82 Å². The summed E-state index contributed by atoms with van der Waals surface area (Å²) in [5.41, 5.74) is 3.71. The van der Waals surface area contributed by atoms with Crippen LogP contribution in [0.25, 0.3) is 0 Å². The van der Waals surface area contributed by atoms with Gasteiger partial charge in [-0.3, -0.25) is 9.67 Å². The lowest BCUT2D eigenvalue weighted by molar-refractivity contribution is 0.617. The van der Waals surface area contributed by atoms with E-state index in [0.29, 0.717) is 6.54 Å². The van der Waals surface area contributed by atoms with Gasteiger partial charge in [-0.25, -0.2) is 4.39 Å². The van der Waals surface area contributed by atoms with Crippen molar-refractivity contribution in [1.29, 1.82) is 0 Å². The summed E-state index contributed by atoms with van der Waals surface area (Å²) in [6.07, 6.45) is 5.97. The van der Waals surface area contributed by atoms with Crippen LogP contribution >= 0.6 is 0 Å². The first-order valence-electron chi connectivity index (χ1n) is 9.93. The molecule has 0 spiro atoms. The Morgan fingerprint density at radius 2 is 1.83 bits per heavy atom. The molecule has 0 atom stereocenters. The molecule has 1 fully saturated rings. The quantitative estimate of drug-likeness (QED) is 0.479. The SMILES string of the molecule is CN=C(NCc1ccccc1Cn1cccn1)NCC1(c2ccc(F)cc2)CC1. The number of rotatable bonds is 7. The van der Waals surface area contributed by atoms with E-state index in [2.05, 4.69) is 38.9 Å². The van der Waals surface area contributed by atoms with E-state index in [9.17, 15) is 4.39 Å². The molecular formula is C23H26FN5. The highest BCUT2D eigenvalue weighted by Gasteiger charge is 2.44. The summed E-state index contributed by atoms with van der Waals surface area (Å²) in [7, 11) is 1.78. The van der Waals surface area contributed by atoms with E-state index < -0.39 is 0 Å². The fraction of sp³-hybridized carbons (Fsp3) is 0.304. The van der Waals surface area contributed by atoms with Crippen molar-refractivity contribution in [2.24, 2.45) is 4.99 Å². The molecule has 1 aliphatic carbocycles. The van der Waals surface area contributed by atoms with Crippen molar-refractivity contribution in [3.8, 4) is 0 Å². The second-order valence-corrected chi connectivity index (χ2v) is 7.54. The smallest absolute Gasteiger partial charge is 0.191 e. The van der Waals surface area contributed by atoms with Crippen LogP contribution in [0.2, 0.25) is 0 Å². The van der Waals surface area contributed by atoms with Gasteiger partial charge in [-0.1, -0.05) is 36.4 Å². The molecule has 2 aromatic carbocycles. The van der Waals surface area contributed by atoms with E-state index in [1.165, 1.54) is 16.7 Å². The van der Waals surface area contributed by atoms with E-state index in [4.69, 9.17) is 0 Å². The van der Waals surface area contributed by atoms with Crippen molar-refractivity contribution < 1.29 is 4.39 Å². The largest absolute Gasteiger partial charge is 0.356 e. The topological polar surface area (TPSA) is 54.2 Å². The molecule has 1 saturated carbocycles. The van der Waals surface area contributed by atoms with Crippen LogP contribution in [-0.2, 0) is 18.5 Å². The van der Waals surface area contributed by atoms with Gasteiger partial charge in [0, 0.05) is 37.9 Å². The van der Waals surface area contributed by atoms with Crippen molar-refractivity contribution in [3.63, 3.8) is 0 Å². The van der Waals surface area contributed by atoms with Crippen LogP contribution < -0.4 is 10.6 Å². The van der Waals surface area contributed by atoms with Crippen LogP contribution in [0.4, 0.5) is 4.39 Å². The standard InChI is InChI=1S/C23H26FN5/c1-25-22(27-17-23(11-12-23)20-7-9-21(24)10-8-20)26-15-18-5-2-3-6-19(18)16-29-14-4-13-28-29/h2-10,13-14H,11-12,15-17H2,1H3,(H2,25,26,27). The van der Waals surface area contributed by atoms with Crippen LogP contribution in [0.15, 0.2) is 72.0 Å². The summed E-state index contributed by atoms with van der Waals surface area (Å²) < 4.78 is 15.1. The average Bonchev–Trinajstić information content (AvgIpc) is 3.36. The lowest BCUT2D eigenvalue weighted by Gasteiger charge is -2.19. The predicted octanol–water partition coefficient (Wildman–Crippen LogP) is 3.47. The summed E-state index contributed by atoms with van der Waals surface area (Å²) >= 11 is 0. The Balaban J connectivity index is 1.35. The third kappa shape index (κ3) is 4.65. The maximum absolute atomic E-state index is 13.2. The molecule has 1 heterocycles. The zero-order chi connectivity index (χ0) is 20.1. The Kier molecular flexibility index (Phi) is 5.60. The molecule has 150 valence electrons. The van der Waals surface area contributed by atoms with Crippen molar-refractivity contribution in [2.75, 3.05) is 13.6 Å². The first-order chi connectivity index (χ1) is 14.2. The van der Waals surface area contributed by atoms with Gasteiger partial charge in [-0.2, -0.15) is 5.10 Å². The van der Waals surface area contributed by atoms with Gasteiger partial charge in [0.2, 0.25) is 0 Å². The molecular weight excluding hydrogens is 365 g/mol. The van der Waals surface area contributed by atoms with Gasteiger partial charge in [0.15, 0.2) is 5.96 Å². The van der Waals surface area contributed by atoms with Gasteiger partial charge in [-0.05, 0) is 47.7 Å². The molecule has 0 saturated heterocycles. The Bertz CT molecular complexity index is 959. The Hall–Kier alpha value is -3.15. The van der Waals surface area contributed by atoms with Gasteiger partial charge in [0.05, 0.1) is 6.54 Å². The number of nitrogens with zero attached hydrogens (tertiary/aromatic N) is 3. The van der Waals surface area contributed by atoms with Crippen molar-refractivity contribution in [2.45, 2.75) is 31.3 Å². The van der Waals surface area contributed by atoms with Gasteiger partial charge in [-0.15, -0.1) is 0 Å². The fourth-order valence-corrected chi connectivity index (χ4v) is 3.63. The molecule has 29 heavy (non-hydrogen) atoms. The molecule has 0 unspecified atom stereocenters. The van der Waals surface area contributed by atoms with Gasteiger partial charge in [0.25, 0.3) is 0 Å². The second-order valence-electron chi connectivity index (χ2n) is 7.54. The van der Waals surface area contributed by atoms with Crippen molar-refractivity contribution in [1.82, 2.24) is 20.4 Å². The summed E-state index contributed by atoms with van der Waals surface area (Å²) in [6, 6.07) is 17.2. The van der Waals surface area contributed by atoms with Gasteiger partial charge >= 0.3 is 0 Å². The number of aromatic nitrogens is 2. The first-order valence-corrected chi connectivity index (χ1v) is 9.93. The molecule has 6 heteroatoms. The van der Waals surface area contributed by atoms with Crippen molar-refractivity contribution in [3.05, 3.63) is 89.5 Å². The zero-order valence-corrected chi connectivity index (χ0v) is 16.6. The van der Waals surface area contributed by atoms with Crippen LogP contribution in [0.1, 0.15) is 29.5 Å². The van der Waals surface area contributed by atoms with E-state index >= 15 is 0 Å². The van der Waals surface area contributed by atoms with E-state index in [1.807, 2.05) is 35.1 Å². The number of hydrogen-bond acceptors (Lipinski definition) is 2. The summed E-state index contributed by atoms with van der Waals surface area (Å²) in [4.78, 5) is 4.36. The fourth-order valence-electron chi connectivity index (χ4n) is 3.63. The normalized spacial score (nSPS) is 15.2. The van der Waals surface area contributed by atoms with Crippen LogP contribution in [0.3, 0.4) is 0 Å². The van der Waals surface area contributed by atoms with Crippen LogP contribution in [0, 0.1) is 5.82 Å². The van der Waals surface area contributed by atoms with Crippen LogP contribution in [-0.4, -0.2) is 29.3 Å². The molecule has 5 nitrogen and oxygen atoms in total. The maximum atomic E-state index is 13.2. The number of halogens is 1. The summed E-state index contributed by atoms with van der Waals surface area (Å²) in [5, 5.41) is 11.2. The highest BCUT2D eigenvalue weighted by atomic mass is 19.1. The molecule has 0 bridgehead atoms. The predicted molar refractivity (Wildman–Crippen MR) is 113 cm³/mol. The van der Waals surface area contributed by atoms with E-state index in [0.717, 1.165) is 31.9 Å². The molecule has 3 aromatic rings. The van der Waals surface area contributed by atoms with E-state index in [1.54, 1.807) is 25.4 Å². The Labute approximate surface area is 170 Å². The molecule has 4 rings (SSSR count). The Morgan fingerprint density at radius 1 is 1.07 bits per heavy atom. The van der Waals surface area contributed by atoms with Crippen LogP contribution in [0.5, 0.6) is 0 Å². The highest BCUT2D eigenvalue weighted by Crippen LogP contribution is 2.47. The lowest BCUT2D eigenvalue weighted by Crippen LogP contribution is -2.41. The average molecular weight is 391 g/mol. The third-order valence-corrected chi connectivity index (χ3v) is 5.58. The minimum atomic E-state index is -0.191. The lowest BCUT2D eigenvalue weighted by atomic mass is 9.96. The highest BCUT2D eigenvalue weighted by molar-refractivity contribution is 5.79. The number of hydrogen-bond donors (Lipinski definition) is 2. The summed E-state index contributed by atoms with van der Waals surface area (Å²) in [6.45, 7) is 2.21. The van der Waals surface area contributed by atoms with Gasteiger partial charge < -0.3 is 10.6 Å². The third-order valence-electron chi connectivity index (χ3n) is 5.58. The molecule has 0 radical (unpaired) electrons. The number of benzene rings is 2. The molecule has 0 amide bonds. The second kappa shape index (κ2) is 8.47. The number of aliphatic imine (C=N–C) groups is 1. The monoisotopic (exact) mass is 391 g/mol. The molecule has 2 N–H and O–H groups in total. The summed E-state index contributed by atoms with van der Waals surface area (Å²) in [5.74, 6) is 0.580. The minimum absolute atomic E-state index is 0.0866. The molecule has 1 aliphatic rings. The first kappa shape index (κ1) is 19.2. The van der Waals surface area contributed by atoms with Crippen molar-refractivity contribution >= 4 is 5.96 Å². The van der Waals surface area contributed by atoms with E-state index in [-0.39, 0.29) is 11.2 Å². The minimum Gasteiger partial charge on any atom is -0.356 e. The Morgan fingerprint density at radius 3 is 2.48 bits per heavy atom. The molecule has 0 aliphatic heterocycles. The number of nitrogens with one attached hydrogen (secondary N) is 2. The number of guanidine groups is 1. The molecule has 1 aromatic heterocycles. The zero-order valence-electron chi connectivity index (χ0n) is 16.6.